The highest BCUT2D eigenvalue weighted by atomic mass is 16.5. The number of hydrogen-bond acceptors (Lipinski definition) is 6. The zero-order valence-electron chi connectivity index (χ0n) is 15.9. The highest BCUT2D eigenvalue weighted by Crippen LogP contribution is 2.41. The van der Waals surface area contributed by atoms with Gasteiger partial charge in [-0.25, -0.2) is 4.98 Å². The summed E-state index contributed by atoms with van der Waals surface area (Å²) in [7, 11) is 6.76. The van der Waals surface area contributed by atoms with Gasteiger partial charge in [-0.2, -0.15) is 0 Å². The Hall–Kier alpha value is -2.28. The van der Waals surface area contributed by atoms with E-state index in [1.165, 1.54) is 34.2 Å². The summed E-state index contributed by atoms with van der Waals surface area (Å²) in [5.74, 6) is 1.98. The molecule has 1 aromatic heterocycles. The van der Waals surface area contributed by atoms with Crippen LogP contribution in [0.1, 0.15) is 19.3 Å². The SMILES string of the molecule is COc1cc2c(=O)n(CCC3CCN(C)CC3)cnc2c(OC)c1OC. The highest BCUT2D eigenvalue weighted by molar-refractivity contribution is 5.89. The number of methoxy groups -OCH3 is 3. The molecule has 0 saturated carbocycles. The average molecular weight is 361 g/mol. The summed E-state index contributed by atoms with van der Waals surface area (Å²) in [6.45, 7) is 2.93. The lowest BCUT2D eigenvalue weighted by Crippen LogP contribution is -2.31. The van der Waals surface area contributed by atoms with Gasteiger partial charge in [-0.3, -0.25) is 9.36 Å². The van der Waals surface area contributed by atoms with Gasteiger partial charge >= 0.3 is 0 Å². The number of hydrogen-bond donors (Lipinski definition) is 0. The zero-order chi connectivity index (χ0) is 18.7. The Balaban J connectivity index is 1.91. The summed E-state index contributed by atoms with van der Waals surface area (Å²) in [5.41, 5.74) is 0.410. The third-order valence-electron chi connectivity index (χ3n) is 5.24. The molecule has 0 spiro atoms. The summed E-state index contributed by atoms with van der Waals surface area (Å²) in [4.78, 5) is 19.8. The summed E-state index contributed by atoms with van der Waals surface area (Å²) < 4.78 is 17.8. The number of aromatic nitrogens is 2. The Morgan fingerprint density at radius 3 is 2.42 bits per heavy atom. The summed E-state index contributed by atoms with van der Waals surface area (Å²) in [5, 5.41) is 0.477. The first-order valence-electron chi connectivity index (χ1n) is 8.95. The Labute approximate surface area is 153 Å². The van der Waals surface area contributed by atoms with E-state index in [-0.39, 0.29) is 5.56 Å². The summed E-state index contributed by atoms with van der Waals surface area (Å²) in [6, 6.07) is 1.68. The second-order valence-electron chi connectivity index (χ2n) is 6.82. The molecule has 0 bridgehead atoms. The van der Waals surface area contributed by atoms with Gasteiger partial charge in [0, 0.05) is 6.54 Å². The number of piperidine rings is 1. The summed E-state index contributed by atoms with van der Waals surface area (Å²) >= 11 is 0. The normalized spacial score (nSPS) is 16.0. The van der Waals surface area contributed by atoms with Crippen molar-refractivity contribution in [1.82, 2.24) is 14.5 Å². The van der Waals surface area contributed by atoms with Crippen molar-refractivity contribution in [2.45, 2.75) is 25.8 Å². The Bertz CT molecular complexity index is 826. The molecule has 0 atom stereocenters. The molecule has 0 amide bonds. The Morgan fingerprint density at radius 1 is 1.12 bits per heavy atom. The van der Waals surface area contributed by atoms with Crippen LogP contribution in [0.5, 0.6) is 17.2 Å². The molecule has 7 nitrogen and oxygen atoms in total. The van der Waals surface area contributed by atoms with Crippen molar-refractivity contribution < 1.29 is 14.2 Å². The van der Waals surface area contributed by atoms with Crippen molar-refractivity contribution in [2.24, 2.45) is 5.92 Å². The molecule has 1 aromatic carbocycles. The standard InChI is InChI=1S/C19H27N3O4/c1-21-8-5-13(6-9-21)7-10-22-12-20-16-14(19(22)23)11-15(24-2)17(25-3)18(16)26-4/h11-13H,5-10H2,1-4H3. The lowest BCUT2D eigenvalue weighted by atomic mass is 9.94. The quantitative estimate of drug-likeness (QED) is 0.786. The maximum atomic E-state index is 13.0. The van der Waals surface area contributed by atoms with Crippen molar-refractivity contribution in [3.63, 3.8) is 0 Å². The number of benzene rings is 1. The number of fused-ring (bicyclic) bond motifs is 1. The predicted molar refractivity (Wildman–Crippen MR) is 100 cm³/mol. The first-order chi connectivity index (χ1) is 12.6. The van der Waals surface area contributed by atoms with E-state index in [2.05, 4.69) is 16.9 Å². The molecule has 0 unspecified atom stereocenters. The number of nitrogens with zero attached hydrogens (tertiary/aromatic N) is 3. The minimum atomic E-state index is -0.0813. The maximum Gasteiger partial charge on any atom is 0.261 e. The van der Waals surface area contributed by atoms with Gasteiger partial charge in [-0.1, -0.05) is 0 Å². The third kappa shape index (κ3) is 3.49. The van der Waals surface area contributed by atoms with Gasteiger partial charge in [0.15, 0.2) is 11.5 Å². The molecule has 2 heterocycles. The lowest BCUT2D eigenvalue weighted by molar-refractivity contribution is 0.207. The fourth-order valence-corrected chi connectivity index (χ4v) is 3.60. The van der Waals surface area contributed by atoms with Gasteiger partial charge in [0.1, 0.15) is 5.52 Å². The van der Waals surface area contributed by atoms with Crippen LogP contribution in [0.15, 0.2) is 17.2 Å². The van der Waals surface area contributed by atoms with E-state index < -0.39 is 0 Å². The molecular weight excluding hydrogens is 334 g/mol. The fourth-order valence-electron chi connectivity index (χ4n) is 3.60. The van der Waals surface area contributed by atoms with Crippen LogP contribution in [-0.2, 0) is 6.54 Å². The second kappa shape index (κ2) is 7.95. The van der Waals surface area contributed by atoms with Gasteiger partial charge < -0.3 is 19.1 Å². The molecule has 0 radical (unpaired) electrons. The van der Waals surface area contributed by atoms with Gasteiger partial charge in [-0.05, 0) is 51.4 Å². The van der Waals surface area contributed by atoms with Crippen molar-refractivity contribution in [3.05, 3.63) is 22.7 Å². The molecule has 0 aliphatic carbocycles. The number of likely N-dealkylation sites (tertiary alicyclic amines) is 1. The molecule has 1 aliphatic rings. The molecule has 3 rings (SSSR count). The minimum Gasteiger partial charge on any atom is -0.493 e. The van der Waals surface area contributed by atoms with Crippen molar-refractivity contribution >= 4 is 10.9 Å². The smallest absolute Gasteiger partial charge is 0.261 e. The van der Waals surface area contributed by atoms with Crippen LogP contribution in [0, 0.1) is 5.92 Å². The van der Waals surface area contributed by atoms with E-state index in [0.717, 1.165) is 19.5 Å². The summed E-state index contributed by atoms with van der Waals surface area (Å²) in [6.07, 6.45) is 4.97. The van der Waals surface area contributed by atoms with Gasteiger partial charge in [0.25, 0.3) is 5.56 Å². The van der Waals surface area contributed by atoms with Crippen LogP contribution >= 0.6 is 0 Å². The monoisotopic (exact) mass is 361 g/mol. The highest BCUT2D eigenvalue weighted by Gasteiger charge is 2.20. The van der Waals surface area contributed by atoms with E-state index in [4.69, 9.17) is 14.2 Å². The van der Waals surface area contributed by atoms with E-state index >= 15 is 0 Å². The fraction of sp³-hybridized carbons (Fsp3) is 0.579. The third-order valence-corrected chi connectivity index (χ3v) is 5.24. The molecule has 26 heavy (non-hydrogen) atoms. The van der Waals surface area contributed by atoms with E-state index in [0.29, 0.717) is 40.6 Å². The van der Waals surface area contributed by atoms with Crippen LogP contribution in [0.2, 0.25) is 0 Å². The molecule has 0 N–H and O–H groups in total. The van der Waals surface area contributed by atoms with Gasteiger partial charge in [-0.15, -0.1) is 0 Å². The lowest BCUT2D eigenvalue weighted by Gasteiger charge is -2.28. The first-order valence-corrected chi connectivity index (χ1v) is 8.95. The molecular formula is C19H27N3O4. The molecule has 142 valence electrons. The first kappa shape index (κ1) is 18.5. The van der Waals surface area contributed by atoms with Gasteiger partial charge in [0.2, 0.25) is 5.75 Å². The van der Waals surface area contributed by atoms with Crippen molar-refractivity contribution in [3.8, 4) is 17.2 Å². The average Bonchev–Trinajstić information content (AvgIpc) is 2.67. The van der Waals surface area contributed by atoms with Crippen molar-refractivity contribution in [2.75, 3.05) is 41.5 Å². The molecule has 2 aromatic rings. The molecule has 1 fully saturated rings. The molecule has 1 saturated heterocycles. The van der Waals surface area contributed by atoms with Crippen LogP contribution in [0.4, 0.5) is 0 Å². The zero-order valence-corrected chi connectivity index (χ0v) is 15.9. The predicted octanol–water partition coefficient (Wildman–Crippen LogP) is 2.15. The van der Waals surface area contributed by atoms with Crippen LogP contribution < -0.4 is 19.8 Å². The molecule has 1 aliphatic heterocycles. The number of aryl methyl sites for hydroxylation is 1. The number of rotatable bonds is 6. The number of ether oxygens (including phenoxy) is 3. The van der Waals surface area contributed by atoms with E-state index in [1.807, 2.05) is 0 Å². The molecule has 7 heteroatoms. The van der Waals surface area contributed by atoms with Crippen LogP contribution in [-0.4, -0.2) is 55.9 Å². The Kier molecular flexibility index (Phi) is 5.66. The minimum absolute atomic E-state index is 0.0813. The van der Waals surface area contributed by atoms with E-state index in [1.54, 1.807) is 17.0 Å². The van der Waals surface area contributed by atoms with Crippen molar-refractivity contribution in [1.29, 1.82) is 0 Å². The van der Waals surface area contributed by atoms with Crippen LogP contribution in [0.3, 0.4) is 0 Å². The van der Waals surface area contributed by atoms with Gasteiger partial charge in [0.05, 0.1) is 33.0 Å². The Morgan fingerprint density at radius 2 is 1.81 bits per heavy atom. The van der Waals surface area contributed by atoms with E-state index in [9.17, 15) is 4.79 Å². The largest absolute Gasteiger partial charge is 0.493 e. The second-order valence-corrected chi connectivity index (χ2v) is 6.82. The topological polar surface area (TPSA) is 65.8 Å². The van der Waals surface area contributed by atoms with Crippen LogP contribution in [0.25, 0.3) is 10.9 Å². The maximum absolute atomic E-state index is 13.0.